The molecule has 1 saturated heterocycles. The van der Waals surface area contributed by atoms with Gasteiger partial charge in [0.15, 0.2) is 0 Å². The molecule has 1 aliphatic heterocycles. The first kappa shape index (κ1) is 14.7. The largest absolute Gasteiger partial charge is 0.497 e. The van der Waals surface area contributed by atoms with Gasteiger partial charge >= 0.3 is 0 Å². The molecule has 0 saturated carbocycles. The van der Waals surface area contributed by atoms with Crippen LogP contribution in [-0.4, -0.2) is 32.7 Å². The lowest BCUT2D eigenvalue weighted by atomic mass is 9.97. The molecule has 0 bridgehead atoms. The lowest BCUT2D eigenvalue weighted by Gasteiger charge is -2.22. The van der Waals surface area contributed by atoms with E-state index in [0.29, 0.717) is 23.8 Å². The number of rotatable bonds is 5. The van der Waals surface area contributed by atoms with E-state index in [1.54, 1.807) is 13.2 Å². The van der Waals surface area contributed by atoms with Crippen LogP contribution in [0, 0.1) is 5.92 Å². The van der Waals surface area contributed by atoms with Crippen molar-refractivity contribution in [3.8, 4) is 11.5 Å². The molecule has 1 heterocycles. The van der Waals surface area contributed by atoms with Crippen LogP contribution >= 0.6 is 0 Å². The number of hydrogen-bond acceptors (Lipinski definition) is 4. The summed E-state index contributed by atoms with van der Waals surface area (Å²) >= 11 is 0. The minimum absolute atomic E-state index is 0.0562. The van der Waals surface area contributed by atoms with E-state index < -0.39 is 0 Å². The van der Waals surface area contributed by atoms with Gasteiger partial charge in [0.05, 0.1) is 19.4 Å². The smallest absolute Gasteiger partial charge is 0.227 e. The zero-order valence-corrected chi connectivity index (χ0v) is 12.1. The van der Waals surface area contributed by atoms with Crippen LogP contribution in [0.25, 0.3) is 0 Å². The van der Waals surface area contributed by atoms with Crippen molar-refractivity contribution in [1.29, 1.82) is 0 Å². The molecule has 1 amide bonds. The van der Waals surface area contributed by atoms with Gasteiger partial charge in [0, 0.05) is 12.0 Å². The van der Waals surface area contributed by atoms with Gasteiger partial charge in [-0.1, -0.05) is 0 Å². The van der Waals surface area contributed by atoms with E-state index in [9.17, 15) is 4.79 Å². The number of hydrogen-bond donors (Lipinski definition) is 2. The Labute approximate surface area is 119 Å². The quantitative estimate of drug-likeness (QED) is 0.865. The molecule has 110 valence electrons. The second-order valence-corrected chi connectivity index (χ2v) is 4.81. The molecular weight excluding hydrogens is 256 g/mol. The van der Waals surface area contributed by atoms with E-state index >= 15 is 0 Å². The molecule has 0 aliphatic carbocycles. The third-order valence-electron chi connectivity index (χ3n) is 3.45. The third kappa shape index (κ3) is 3.63. The summed E-state index contributed by atoms with van der Waals surface area (Å²) in [5.74, 6) is 1.50. The van der Waals surface area contributed by atoms with Gasteiger partial charge in [-0.25, -0.2) is 0 Å². The van der Waals surface area contributed by atoms with Crippen molar-refractivity contribution >= 4 is 11.6 Å². The van der Waals surface area contributed by atoms with Crippen molar-refractivity contribution in [2.45, 2.75) is 19.8 Å². The molecule has 1 aliphatic rings. The van der Waals surface area contributed by atoms with E-state index in [0.717, 1.165) is 25.9 Å². The second kappa shape index (κ2) is 7.14. The number of ether oxygens (including phenoxy) is 2. The molecule has 5 heteroatoms. The van der Waals surface area contributed by atoms with Crippen molar-refractivity contribution in [1.82, 2.24) is 5.32 Å². The zero-order valence-electron chi connectivity index (χ0n) is 12.1. The molecule has 0 atom stereocenters. The maximum atomic E-state index is 12.3. The number of carbonyl (C=O) groups is 1. The minimum atomic E-state index is 0.0562. The Morgan fingerprint density at radius 3 is 2.80 bits per heavy atom. The Hall–Kier alpha value is -1.75. The Morgan fingerprint density at radius 2 is 2.15 bits per heavy atom. The molecule has 2 N–H and O–H groups in total. The molecule has 1 aromatic rings. The standard InChI is InChI=1S/C15H22N2O3/c1-3-20-14-5-4-12(19-2)10-13(14)17-15(18)11-6-8-16-9-7-11/h4-5,10-11,16H,3,6-9H2,1-2H3,(H,17,18). The third-order valence-corrected chi connectivity index (χ3v) is 3.45. The Kier molecular flexibility index (Phi) is 5.24. The predicted molar refractivity (Wildman–Crippen MR) is 78.4 cm³/mol. The zero-order chi connectivity index (χ0) is 14.4. The lowest BCUT2D eigenvalue weighted by Crippen LogP contribution is -2.34. The maximum absolute atomic E-state index is 12.3. The number of anilines is 1. The molecule has 0 unspecified atom stereocenters. The first-order valence-electron chi connectivity index (χ1n) is 7.07. The molecule has 2 rings (SSSR count). The van der Waals surface area contributed by atoms with Crippen molar-refractivity contribution in [3.05, 3.63) is 18.2 Å². The molecular formula is C15H22N2O3. The second-order valence-electron chi connectivity index (χ2n) is 4.81. The van der Waals surface area contributed by atoms with Gasteiger partial charge in [-0.15, -0.1) is 0 Å². The molecule has 1 aromatic carbocycles. The fraction of sp³-hybridized carbons (Fsp3) is 0.533. The summed E-state index contributed by atoms with van der Waals surface area (Å²) in [4.78, 5) is 12.3. The molecule has 1 fully saturated rings. The summed E-state index contributed by atoms with van der Waals surface area (Å²) in [6, 6.07) is 5.44. The summed E-state index contributed by atoms with van der Waals surface area (Å²) in [6.45, 7) is 4.27. The predicted octanol–water partition coefficient (Wildman–Crippen LogP) is 2.03. The molecule has 20 heavy (non-hydrogen) atoms. The van der Waals surface area contributed by atoms with E-state index in [4.69, 9.17) is 9.47 Å². The van der Waals surface area contributed by atoms with Gasteiger partial charge in [-0.2, -0.15) is 0 Å². The van der Waals surface area contributed by atoms with Crippen LogP contribution < -0.4 is 20.1 Å². The van der Waals surface area contributed by atoms with Gasteiger partial charge in [0.25, 0.3) is 0 Å². The average Bonchev–Trinajstić information content (AvgIpc) is 2.50. The topological polar surface area (TPSA) is 59.6 Å². The number of methoxy groups -OCH3 is 1. The minimum Gasteiger partial charge on any atom is -0.497 e. The normalized spacial score (nSPS) is 15.7. The van der Waals surface area contributed by atoms with Crippen LogP contribution in [0.15, 0.2) is 18.2 Å². The summed E-state index contributed by atoms with van der Waals surface area (Å²) in [6.07, 6.45) is 1.75. The molecule has 5 nitrogen and oxygen atoms in total. The number of amides is 1. The van der Waals surface area contributed by atoms with Crippen molar-refractivity contribution < 1.29 is 14.3 Å². The summed E-state index contributed by atoms with van der Waals surface area (Å²) in [5, 5.41) is 6.23. The first-order chi connectivity index (χ1) is 9.74. The highest BCUT2D eigenvalue weighted by Gasteiger charge is 2.22. The fourth-order valence-electron chi connectivity index (χ4n) is 2.33. The van der Waals surface area contributed by atoms with E-state index in [2.05, 4.69) is 10.6 Å². The molecule has 0 spiro atoms. The monoisotopic (exact) mass is 278 g/mol. The number of carbonyl (C=O) groups excluding carboxylic acids is 1. The van der Waals surface area contributed by atoms with Gasteiger partial charge in [-0.05, 0) is 45.0 Å². The van der Waals surface area contributed by atoms with Gasteiger partial charge < -0.3 is 20.1 Å². The van der Waals surface area contributed by atoms with Gasteiger partial charge in [0.2, 0.25) is 5.91 Å². The van der Waals surface area contributed by atoms with Crippen molar-refractivity contribution in [3.63, 3.8) is 0 Å². The summed E-state index contributed by atoms with van der Waals surface area (Å²) in [5.41, 5.74) is 0.676. The average molecular weight is 278 g/mol. The van der Waals surface area contributed by atoms with Gasteiger partial charge in [0.1, 0.15) is 11.5 Å². The number of nitrogens with one attached hydrogen (secondary N) is 2. The van der Waals surface area contributed by atoms with Crippen LogP contribution in [-0.2, 0) is 4.79 Å². The highest BCUT2D eigenvalue weighted by Crippen LogP contribution is 2.30. The number of benzene rings is 1. The van der Waals surface area contributed by atoms with Crippen LogP contribution in [0.5, 0.6) is 11.5 Å². The highest BCUT2D eigenvalue weighted by molar-refractivity contribution is 5.94. The molecule has 0 aromatic heterocycles. The Balaban J connectivity index is 2.11. The van der Waals surface area contributed by atoms with E-state index in [1.165, 1.54) is 0 Å². The van der Waals surface area contributed by atoms with Crippen molar-refractivity contribution in [2.75, 3.05) is 32.1 Å². The van der Waals surface area contributed by atoms with Crippen molar-refractivity contribution in [2.24, 2.45) is 5.92 Å². The van der Waals surface area contributed by atoms with Crippen LogP contribution in [0.2, 0.25) is 0 Å². The number of piperidine rings is 1. The maximum Gasteiger partial charge on any atom is 0.227 e. The first-order valence-corrected chi connectivity index (χ1v) is 7.07. The highest BCUT2D eigenvalue weighted by atomic mass is 16.5. The van der Waals surface area contributed by atoms with Crippen LogP contribution in [0.1, 0.15) is 19.8 Å². The van der Waals surface area contributed by atoms with E-state index in [-0.39, 0.29) is 11.8 Å². The Morgan fingerprint density at radius 1 is 1.40 bits per heavy atom. The lowest BCUT2D eigenvalue weighted by molar-refractivity contribution is -0.120. The van der Waals surface area contributed by atoms with Crippen LogP contribution in [0.4, 0.5) is 5.69 Å². The van der Waals surface area contributed by atoms with E-state index in [1.807, 2.05) is 19.1 Å². The SMILES string of the molecule is CCOc1ccc(OC)cc1NC(=O)C1CCNCC1. The van der Waals surface area contributed by atoms with Gasteiger partial charge in [-0.3, -0.25) is 4.79 Å². The summed E-state index contributed by atoms with van der Waals surface area (Å²) in [7, 11) is 1.61. The molecule has 0 radical (unpaired) electrons. The fourth-order valence-corrected chi connectivity index (χ4v) is 2.33. The summed E-state index contributed by atoms with van der Waals surface area (Å²) < 4.78 is 10.7. The van der Waals surface area contributed by atoms with Crippen LogP contribution in [0.3, 0.4) is 0 Å². The Bertz CT molecular complexity index is 456.